The summed E-state index contributed by atoms with van der Waals surface area (Å²) < 4.78 is 0. The standard InChI is InChI=1S/C14H25NO/c1-7-9-12(8-2)15-13(16)10-11(3)14(4,5)6/h1,11-12H,8-10H2,2-6H3,(H,15,16). The van der Waals surface area contributed by atoms with Crippen molar-refractivity contribution in [3.63, 3.8) is 0 Å². The summed E-state index contributed by atoms with van der Waals surface area (Å²) in [5, 5.41) is 2.99. The molecule has 0 aliphatic carbocycles. The van der Waals surface area contributed by atoms with Crippen molar-refractivity contribution in [3.05, 3.63) is 0 Å². The van der Waals surface area contributed by atoms with Gasteiger partial charge in [0.25, 0.3) is 0 Å². The summed E-state index contributed by atoms with van der Waals surface area (Å²) in [6, 6.07) is 0.129. The molecule has 0 heterocycles. The Hall–Kier alpha value is -0.970. The molecule has 0 aromatic rings. The summed E-state index contributed by atoms with van der Waals surface area (Å²) >= 11 is 0. The predicted octanol–water partition coefficient (Wildman–Crippen LogP) is 2.98. The van der Waals surface area contributed by atoms with Crippen LogP contribution in [0.25, 0.3) is 0 Å². The Morgan fingerprint density at radius 1 is 1.44 bits per heavy atom. The number of amides is 1. The monoisotopic (exact) mass is 223 g/mol. The SMILES string of the molecule is C#CCC(CC)NC(=O)CC(C)C(C)(C)C. The highest BCUT2D eigenvalue weighted by Gasteiger charge is 2.23. The van der Waals surface area contributed by atoms with Gasteiger partial charge in [-0.25, -0.2) is 0 Å². The van der Waals surface area contributed by atoms with Crippen molar-refractivity contribution in [2.45, 2.75) is 59.9 Å². The molecule has 92 valence electrons. The summed E-state index contributed by atoms with van der Waals surface area (Å²) in [5.41, 5.74) is 0.172. The molecule has 1 amide bonds. The molecule has 0 saturated heterocycles. The molecule has 0 aliphatic heterocycles. The smallest absolute Gasteiger partial charge is 0.220 e. The van der Waals surface area contributed by atoms with Gasteiger partial charge >= 0.3 is 0 Å². The number of carbonyl (C=O) groups excluding carboxylic acids is 1. The lowest BCUT2D eigenvalue weighted by atomic mass is 9.80. The molecule has 16 heavy (non-hydrogen) atoms. The van der Waals surface area contributed by atoms with E-state index in [0.717, 1.165) is 6.42 Å². The van der Waals surface area contributed by atoms with Gasteiger partial charge in [0.1, 0.15) is 0 Å². The second-order valence-corrected chi connectivity index (χ2v) is 5.55. The molecule has 0 bridgehead atoms. The Bertz CT molecular complexity index is 257. The van der Waals surface area contributed by atoms with Crippen molar-refractivity contribution >= 4 is 5.91 Å². The fraction of sp³-hybridized carbons (Fsp3) is 0.786. The molecule has 0 aromatic carbocycles. The quantitative estimate of drug-likeness (QED) is 0.713. The van der Waals surface area contributed by atoms with Gasteiger partial charge in [-0.2, -0.15) is 0 Å². The highest BCUT2D eigenvalue weighted by molar-refractivity contribution is 5.76. The van der Waals surface area contributed by atoms with Crippen LogP contribution in [0.15, 0.2) is 0 Å². The van der Waals surface area contributed by atoms with Crippen molar-refractivity contribution in [1.82, 2.24) is 5.32 Å². The van der Waals surface area contributed by atoms with E-state index >= 15 is 0 Å². The summed E-state index contributed by atoms with van der Waals surface area (Å²) in [5.74, 6) is 3.08. The normalized spacial score (nSPS) is 15.0. The fourth-order valence-electron chi connectivity index (χ4n) is 1.31. The maximum atomic E-state index is 11.8. The molecule has 2 heteroatoms. The zero-order chi connectivity index (χ0) is 12.8. The van der Waals surface area contributed by atoms with Gasteiger partial charge in [0.15, 0.2) is 0 Å². The van der Waals surface area contributed by atoms with Crippen molar-refractivity contribution in [3.8, 4) is 12.3 Å². The summed E-state index contributed by atoms with van der Waals surface area (Å²) in [6.45, 7) is 10.6. The highest BCUT2D eigenvalue weighted by atomic mass is 16.1. The molecule has 0 radical (unpaired) electrons. The number of carbonyl (C=O) groups is 1. The van der Waals surface area contributed by atoms with Crippen LogP contribution in [0.4, 0.5) is 0 Å². The Morgan fingerprint density at radius 2 is 2.00 bits per heavy atom. The van der Waals surface area contributed by atoms with E-state index in [1.165, 1.54) is 0 Å². The van der Waals surface area contributed by atoms with Crippen LogP contribution < -0.4 is 5.32 Å². The van der Waals surface area contributed by atoms with E-state index in [4.69, 9.17) is 6.42 Å². The third-order valence-electron chi connectivity index (χ3n) is 3.19. The average molecular weight is 223 g/mol. The molecular formula is C14H25NO. The second-order valence-electron chi connectivity index (χ2n) is 5.55. The molecule has 0 aromatic heterocycles. The largest absolute Gasteiger partial charge is 0.352 e. The van der Waals surface area contributed by atoms with Gasteiger partial charge in [-0.05, 0) is 17.8 Å². The molecule has 2 nitrogen and oxygen atoms in total. The van der Waals surface area contributed by atoms with E-state index in [1.54, 1.807) is 0 Å². The molecule has 0 aliphatic rings. The fourth-order valence-corrected chi connectivity index (χ4v) is 1.31. The van der Waals surface area contributed by atoms with Crippen molar-refractivity contribution in [1.29, 1.82) is 0 Å². The van der Waals surface area contributed by atoms with Gasteiger partial charge in [-0.1, -0.05) is 34.6 Å². The minimum atomic E-state index is 0.115. The van der Waals surface area contributed by atoms with Crippen molar-refractivity contribution in [2.75, 3.05) is 0 Å². The topological polar surface area (TPSA) is 29.1 Å². The average Bonchev–Trinajstić information content (AvgIpc) is 2.15. The number of nitrogens with one attached hydrogen (secondary N) is 1. The van der Waals surface area contributed by atoms with Crippen LogP contribution >= 0.6 is 0 Å². The lowest BCUT2D eigenvalue weighted by Gasteiger charge is -2.27. The third kappa shape index (κ3) is 5.80. The van der Waals surface area contributed by atoms with Gasteiger partial charge in [0.05, 0.1) is 0 Å². The van der Waals surface area contributed by atoms with E-state index in [0.29, 0.717) is 18.8 Å². The maximum absolute atomic E-state index is 11.8. The van der Waals surface area contributed by atoms with Gasteiger partial charge in [-0.15, -0.1) is 12.3 Å². The van der Waals surface area contributed by atoms with E-state index in [9.17, 15) is 4.79 Å². The number of terminal acetylenes is 1. The van der Waals surface area contributed by atoms with Crippen LogP contribution in [-0.2, 0) is 4.79 Å². The van der Waals surface area contributed by atoms with Crippen LogP contribution in [0.3, 0.4) is 0 Å². The molecular weight excluding hydrogens is 198 g/mol. The molecule has 0 fully saturated rings. The summed E-state index contributed by atoms with van der Waals surface area (Å²) in [4.78, 5) is 11.8. The molecule has 0 saturated carbocycles. The zero-order valence-corrected chi connectivity index (χ0v) is 11.3. The number of rotatable bonds is 5. The molecule has 0 rings (SSSR count). The van der Waals surface area contributed by atoms with Crippen molar-refractivity contribution in [2.24, 2.45) is 11.3 Å². The second kappa shape index (κ2) is 6.58. The first-order chi connectivity index (χ1) is 7.31. The first-order valence-corrected chi connectivity index (χ1v) is 6.04. The van der Waals surface area contributed by atoms with Gasteiger partial charge in [0.2, 0.25) is 5.91 Å². The van der Waals surface area contributed by atoms with Gasteiger partial charge in [-0.3, -0.25) is 4.79 Å². The lowest BCUT2D eigenvalue weighted by Crippen LogP contribution is -2.36. The number of hydrogen-bond acceptors (Lipinski definition) is 1. The van der Waals surface area contributed by atoms with Crippen LogP contribution in [0, 0.1) is 23.7 Å². The lowest BCUT2D eigenvalue weighted by molar-refractivity contribution is -0.123. The van der Waals surface area contributed by atoms with Gasteiger partial charge in [0, 0.05) is 18.9 Å². The molecule has 1 N–H and O–H groups in total. The third-order valence-corrected chi connectivity index (χ3v) is 3.19. The van der Waals surface area contributed by atoms with Crippen LogP contribution in [0.2, 0.25) is 0 Å². The minimum absolute atomic E-state index is 0.115. The minimum Gasteiger partial charge on any atom is -0.352 e. The predicted molar refractivity (Wildman–Crippen MR) is 68.9 cm³/mol. The Balaban J connectivity index is 4.13. The first kappa shape index (κ1) is 15.0. The summed E-state index contributed by atoms with van der Waals surface area (Å²) in [7, 11) is 0. The Kier molecular flexibility index (Phi) is 6.18. The van der Waals surface area contributed by atoms with Crippen LogP contribution in [-0.4, -0.2) is 11.9 Å². The maximum Gasteiger partial charge on any atom is 0.220 e. The molecule has 0 spiro atoms. The highest BCUT2D eigenvalue weighted by Crippen LogP contribution is 2.27. The van der Waals surface area contributed by atoms with E-state index < -0.39 is 0 Å². The van der Waals surface area contributed by atoms with E-state index in [2.05, 4.69) is 38.9 Å². The summed E-state index contributed by atoms with van der Waals surface area (Å²) in [6.07, 6.45) is 7.33. The molecule has 2 unspecified atom stereocenters. The Labute approximate surface area is 100 Å². The van der Waals surface area contributed by atoms with E-state index in [1.807, 2.05) is 6.92 Å². The van der Waals surface area contributed by atoms with Crippen LogP contribution in [0.1, 0.15) is 53.9 Å². The van der Waals surface area contributed by atoms with Gasteiger partial charge < -0.3 is 5.32 Å². The van der Waals surface area contributed by atoms with Crippen molar-refractivity contribution < 1.29 is 4.79 Å². The van der Waals surface area contributed by atoms with Crippen LogP contribution in [0.5, 0.6) is 0 Å². The first-order valence-electron chi connectivity index (χ1n) is 6.04. The number of hydrogen-bond donors (Lipinski definition) is 1. The Morgan fingerprint density at radius 3 is 2.38 bits per heavy atom. The molecule has 2 atom stereocenters. The van der Waals surface area contributed by atoms with E-state index in [-0.39, 0.29) is 17.4 Å². The zero-order valence-electron chi connectivity index (χ0n) is 11.3.